The van der Waals surface area contributed by atoms with Crippen LogP contribution in [0.25, 0.3) is 0 Å². The largest absolute Gasteiger partial charge is 0.368 e. The van der Waals surface area contributed by atoms with Crippen LogP contribution < -0.4 is 15.8 Å². The summed E-state index contributed by atoms with van der Waals surface area (Å²) in [5, 5.41) is 5.14. The van der Waals surface area contributed by atoms with Gasteiger partial charge in [-0.15, -0.1) is 11.3 Å². The van der Waals surface area contributed by atoms with Gasteiger partial charge in [0.2, 0.25) is 17.8 Å². The molecule has 2 aromatic heterocycles. The maximum Gasteiger partial charge on any atom is 0.264 e. The van der Waals surface area contributed by atoms with Crippen LogP contribution in [0.15, 0.2) is 46.8 Å². The van der Waals surface area contributed by atoms with Crippen LogP contribution in [0.3, 0.4) is 0 Å². The van der Waals surface area contributed by atoms with Gasteiger partial charge in [0, 0.05) is 11.6 Å². The summed E-state index contributed by atoms with van der Waals surface area (Å²) < 4.78 is 26.8. The predicted molar refractivity (Wildman–Crippen MR) is 86.9 cm³/mol. The van der Waals surface area contributed by atoms with Gasteiger partial charge in [0.15, 0.2) is 5.13 Å². The van der Waals surface area contributed by atoms with Gasteiger partial charge >= 0.3 is 0 Å². The van der Waals surface area contributed by atoms with E-state index < -0.39 is 10.0 Å². The minimum atomic E-state index is -3.81. The molecule has 2 heterocycles. The molecule has 0 spiro atoms. The van der Waals surface area contributed by atoms with Crippen LogP contribution in [0.5, 0.6) is 0 Å². The Morgan fingerprint density at radius 3 is 2.48 bits per heavy atom. The van der Waals surface area contributed by atoms with Crippen molar-refractivity contribution in [1.82, 2.24) is 19.9 Å². The van der Waals surface area contributed by atoms with Crippen LogP contribution >= 0.6 is 11.3 Å². The number of nitrogens with zero attached hydrogens (tertiary/aromatic N) is 4. The molecule has 0 aliphatic rings. The van der Waals surface area contributed by atoms with E-state index in [0.717, 1.165) is 0 Å². The van der Waals surface area contributed by atoms with E-state index in [-0.39, 0.29) is 22.7 Å². The van der Waals surface area contributed by atoms with Crippen molar-refractivity contribution >= 4 is 44.3 Å². The summed E-state index contributed by atoms with van der Waals surface area (Å²) in [6, 6.07) is 7.87. The molecular weight excluding hydrogens is 338 g/mol. The Balaban J connectivity index is 1.87. The molecule has 0 saturated carbocycles. The third-order valence-corrected chi connectivity index (χ3v) is 4.62. The lowest BCUT2D eigenvalue weighted by atomic mass is 10.4. The van der Waals surface area contributed by atoms with Crippen molar-refractivity contribution in [3.63, 3.8) is 0 Å². The summed E-state index contributed by atoms with van der Waals surface area (Å²) in [5.41, 5.74) is 5.59. The van der Waals surface area contributed by atoms with E-state index in [1.54, 1.807) is 29.8 Å². The van der Waals surface area contributed by atoms with E-state index in [2.05, 4.69) is 30.0 Å². The molecule has 1 aromatic carbocycles. The molecule has 4 N–H and O–H groups in total. The number of hydrogen-bond donors (Lipinski definition) is 3. The van der Waals surface area contributed by atoms with Crippen LogP contribution in [0.4, 0.5) is 23.0 Å². The molecule has 0 amide bonds. The first-order valence-electron chi connectivity index (χ1n) is 6.29. The maximum absolute atomic E-state index is 12.3. The van der Waals surface area contributed by atoms with Crippen molar-refractivity contribution in [3.05, 3.63) is 41.9 Å². The highest BCUT2D eigenvalue weighted by Gasteiger charge is 2.16. The summed E-state index contributed by atoms with van der Waals surface area (Å²) >= 11 is 1.34. The number of sulfonamides is 1. The van der Waals surface area contributed by atoms with Crippen molar-refractivity contribution in [2.24, 2.45) is 0 Å². The number of benzene rings is 1. The number of anilines is 4. The van der Waals surface area contributed by atoms with Crippen LogP contribution in [-0.4, -0.2) is 28.4 Å². The van der Waals surface area contributed by atoms with Gasteiger partial charge in [0.05, 0.1) is 4.90 Å². The van der Waals surface area contributed by atoms with Crippen molar-refractivity contribution in [2.45, 2.75) is 4.90 Å². The molecule has 0 unspecified atom stereocenters. The topological polar surface area (TPSA) is 136 Å². The smallest absolute Gasteiger partial charge is 0.264 e. The maximum atomic E-state index is 12.3. The van der Waals surface area contributed by atoms with E-state index >= 15 is 0 Å². The summed E-state index contributed by atoms with van der Waals surface area (Å²) in [4.78, 5) is 15.8. The van der Waals surface area contributed by atoms with Crippen LogP contribution in [0.2, 0.25) is 0 Å². The second kappa shape index (κ2) is 6.14. The zero-order valence-electron chi connectivity index (χ0n) is 11.5. The zero-order chi connectivity index (χ0) is 16.3. The highest BCUT2D eigenvalue weighted by molar-refractivity contribution is 7.92. The molecule has 0 fully saturated rings. The zero-order valence-corrected chi connectivity index (χ0v) is 13.2. The quantitative estimate of drug-likeness (QED) is 0.630. The van der Waals surface area contributed by atoms with Crippen molar-refractivity contribution in [1.29, 1.82) is 0 Å². The Kier molecular flexibility index (Phi) is 4.04. The Hall–Kier alpha value is -2.79. The minimum absolute atomic E-state index is 0.0911. The van der Waals surface area contributed by atoms with E-state index in [9.17, 15) is 8.42 Å². The molecule has 0 saturated heterocycles. The van der Waals surface area contributed by atoms with Gasteiger partial charge in [-0.25, -0.2) is 18.1 Å². The molecule has 3 aromatic rings. The van der Waals surface area contributed by atoms with Gasteiger partial charge in [0.1, 0.15) is 0 Å². The second-order valence-electron chi connectivity index (χ2n) is 4.22. The second-order valence-corrected chi connectivity index (χ2v) is 6.80. The Morgan fingerprint density at radius 2 is 1.78 bits per heavy atom. The first-order chi connectivity index (χ1) is 11.0. The fourth-order valence-electron chi connectivity index (χ4n) is 1.65. The fourth-order valence-corrected chi connectivity index (χ4v) is 3.14. The number of aromatic nitrogens is 4. The van der Waals surface area contributed by atoms with Gasteiger partial charge in [0.25, 0.3) is 10.0 Å². The molecule has 0 radical (unpaired) electrons. The molecule has 23 heavy (non-hydrogen) atoms. The molecule has 0 bridgehead atoms. The highest BCUT2D eigenvalue weighted by Crippen LogP contribution is 2.18. The lowest BCUT2D eigenvalue weighted by Crippen LogP contribution is -2.16. The summed E-state index contributed by atoms with van der Waals surface area (Å²) in [5.74, 6) is -0.205. The third-order valence-electron chi connectivity index (χ3n) is 2.58. The first kappa shape index (κ1) is 15.1. The molecule has 11 heteroatoms. The van der Waals surface area contributed by atoms with Gasteiger partial charge in [-0.1, -0.05) is 18.2 Å². The molecule has 9 nitrogen and oxygen atoms in total. The van der Waals surface area contributed by atoms with Gasteiger partial charge in [-0.3, -0.25) is 5.32 Å². The number of nitrogens with two attached hydrogens (primary N) is 1. The van der Waals surface area contributed by atoms with E-state index in [0.29, 0.717) is 5.13 Å². The lowest BCUT2D eigenvalue weighted by Gasteiger charge is -2.08. The molecule has 3 rings (SSSR count). The summed E-state index contributed by atoms with van der Waals surface area (Å²) in [6.45, 7) is 0. The number of rotatable bonds is 5. The average Bonchev–Trinajstić information content (AvgIpc) is 3.00. The number of nitrogen functional groups attached to an aromatic ring is 1. The van der Waals surface area contributed by atoms with Gasteiger partial charge in [-0.2, -0.15) is 15.0 Å². The number of nitrogens with one attached hydrogen (secondary N) is 2. The Labute approximate surface area is 135 Å². The van der Waals surface area contributed by atoms with Gasteiger partial charge < -0.3 is 5.73 Å². The minimum Gasteiger partial charge on any atom is -0.368 e. The van der Waals surface area contributed by atoms with Crippen LogP contribution in [-0.2, 0) is 10.0 Å². The molecular formula is C12H11N7O2S2. The monoisotopic (exact) mass is 349 g/mol. The highest BCUT2D eigenvalue weighted by atomic mass is 32.2. The van der Waals surface area contributed by atoms with E-state index in [4.69, 9.17) is 5.73 Å². The third kappa shape index (κ3) is 3.70. The van der Waals surface area contributed by atoms with Crippen LogP contribution in [0, 0.1) is 0 Å². The number of hydrogen-bond acceptors (Lipinski definition) is 9. The SMILES string of the molecule is Nc1nc(Nc2nccs2)nc(NS(=O)(=O)c2ccccc2)n1. The van der Waals surface area contributed by atoms with E-state index in [1.807, 2.05) is 0 Å². The molecule has 118 valence electrons. The van der Waals surface area contributed by atoms with Crippen molar-refractivity contribution < 1.29 is 8.42 Å². The molecule has 0 aliphatic carbocycles. The van der Waals surface area contributed by atoms with E-state index in [1.165, 1.54) is 23.5 Å². The lowest BCUT2D eigenvalue weighted by molar-refractivity contribution is 0.601. The normalized spacial score (nSPS) is 11.1. The van der Waals surface area contributed by atoms with Crippen molar-refractivity contribution in [3.8, 4) is 0 Å². The Bertz CT molecular complexity index is 898. The molecule has 0 atom stereocenters. The Morgan fingerprint density at radius 1 is 1.04 bits per heavy atom. The van der Waals surface area contributed by atoms with Crippen LogP contribution in [0.1, 0.15) is 0 Å². The van der Waals surface area contributed by atoms with Crippen molar-refractivity contribution in [2.75, 3.05) is 15.8 Å². The average molecular weight is 349 g/mol. The van der Waals surface area contributed by atoms with Gasteiger partial charge in [-0.05, 0) is 12.1 Å². The molecule has 0 aliphatic heterocycles. The predicted octanol–water partition coefficient (Wildman–Crippen LogP) is 1.45. The number of thiazole rings is 1. The summed E-state index contributed by atoms with van der Waals surface area (Å²) in [7, 11) is -3.81. The standard InChI is InChI=1S/C12H11N7O2S2/c13-9-15-10(18-12-14-6-7-22-12)17-11(16-9)19-23(20,21)8-4-2-1-3-5-8/h1-7H,(H4,13,14,15,16,17,18,19). The summed E-state index contributed by atoms with van der Waals surface area (Å²) in [6.07, 6.45) is 1.61. The first-order valence-corrected chi connectivity index (χ1v) is 8.65. The fraction of sp³-hybridized carbons (Fsp3) is 0.